The lowest BCUT2D eigenvalue weighted by molar-refractivity contribution is -0.133. The lowest BCUT2D eigenvalue weighted by Gasteiger charge is -2.48. The minimum Gasteiger partial charge on any atom is -0.340 e. The molecular weight excluding hydrogens is 452 g/mol. The van der Waals surface area contributed by atoms with Gasteiger partial charge in [0, 0.05) is 57.1 Å². The summed E-state index contributed by atoms with van der Waals surface area (Å²) < 4.78 is 0. The predicted octanol–water partition coefficient (Wildman–Crippen LogP) is 3.37. The van der Waals surface area contributed by atoms with Crippen LogP contribution in [0.3, 0.4) is 0 Å². The molecule has 0 aromatic heterocycles. The second-order valence-corrected chi connectivity index (χ2v) is 9.89. The van der Waals surface area contributed by atoms with E-state index < -0.39 is 5.66 Å². The quantitative estimate of drug-likeness (QED) is 0.658. The van der Waals surface area contributed by atoms with Gasteiger partial charge in [-0.3, -0.25) is 24.2 Å². The Bertz CT molecular complexity index is 1110. The number of amides is 3. The summed E-state index contributed by atoms with van der Waals surface area (Å²) in [4.78, 5) is 46.8. The Labute approximate surface area is 204 Å². The molecule has 3 aliphatic rings. The fourth-order valence-corrected chi connectivity index (χ4v) is 5.54. The summed E-state index contributed by atoms with van der Waals surface area (Å²) in [6.45, 7) is 6.04. The molecule has 0 N–H and O–H groups in total. The number of hydrogen-bond donors (Lipinski definition) is 0. The van der Waals surface area contributed by atoms with E-state index in [2.05, 4.69) is 4.90 Å². The molecule has 0 aliphatic carbocycles. The van der Waals surface area contributed by atoms with E-state index in [0.717, 1.165) is 24.7 Å². The summed E-state index contributed by atoms with van der Waals surface area (Å²) in [6, 6.07) is 15.1. The van der Waals surface area contributed by atoms with Crippen molar-refractivity contribution in [3.63, 3.8) is 0 Å². The van der Waals surface area contributed by atoms with Gasteiger partial charge in [0.05, 0.1) is 11.3 Å². The van der Waals surface area contributed by atoms with E-state index in [1.54, 1.807) is 15.9 Å². The number of carbonyl (C=O) groups is 3. The van der Waals surface area contributed by atoms with Crippen LogP contribution in [0.2, 0.25) is 5.02 Å². The molecule has 0 spiro atoms. The SMILES string of the molecule is C[C@]12CCC(=O)N1c1ccccc1C(=O)N2CCC(=O)N1CCN(Cc2ccc(Cl)cc2)CC1. The average molecular weight is 481 g/mol. The average Bonchev–Trinajstić information content (AvgIpc) is 3.15. The van der Waals surface area contributed by atoms with Crippen molar-refractivity contribution in [2.24, 2.45) is 0 Å². The molecule has 178 valence electrons. The number of hydrogen-bond acceptors (Lipinski definition) is 4. The number of carbonyl (C=O) groups excluding carboxylic acids is 3. The minimum absolute atomic E-state index is 0.0237. The van der Waals surface area contributed by atoms with Gasteiger partial charge in [-0.25, -0.2) is 0 Å². The third kappa shape index (κ3) is 4.07. The Morgan fingerprint density at radius 1 is 1.00 bits per heavy atom. The maximum absolute atomic E-state index is 13.3. The van der Waals surface area contributed by atoms with Gasteiger partial charge in [0.15, 0.2) is 0 Å². The molecule has 2 aromatic rings. The molecule has 7 nitrogen and oxygen atoms in total. The zero-order valence-electron chi connectivity index (χ0n) is 19.4. The van der Waals surface area contributed by atoms with Gasteiger partial charge in [0.25, 0.3) is 5.91 Å². The van der Waals surface area contributed by atoms with Crippen LogP contribution in [0.4, 0.5) is 5.69 Å². The van der Waals surface area contributed by atoms with Crippen LogP contribution in [-0.4, -0.2) is 70.8 Å². The zero-order chi connectivity index (χ0) is 23.9. The molecule has 2 saturated heterocycles. The largest absolute Gasteiger partial charge is 0.340 e. The molecular formula is C26H29ClN4O3. The van der Waals surface area contributed by atoms with E-state index in [0.29, 0.717) is 43.7 Å². The third-order valence-electron chi connectivity index (χ3n) is 7.34. The summed E-state index contributed by atoms with van der Waals surface area (Å²) in [7, 11) is 0. The number of rotatable bonds is 5. The highest BCUT2D eigenvalue weighted by atomic mass is 35.5. The Balaban J connectivity index is 1.20. The number of benzene rings is 2. The van der Waals surface area contributed by atoms with Crippen molar-refractivity contribution in [1.29, 1.82) is 0 Å². The van der Waals surface area contributed by atoms with Crippen LogP contribution in [0.5, 0.6) is 0 Å². The highest BCUT2D eigenvalue weighted by Crippen LogP contribution is 2.44. The zero-order valence-corrected chi connectivity index (χ0v) is 20.1. The molecule has 5 rings (SSSR count). The summed E-state index contributed by atoms with van der Waals surface area (Å²) in [5.41, 5.74) is 1.69. The molecule has 0 saturated carbocycles. The Morgan fingerprint density at radius 2 is 1.71 bits per heavy atom. The second kappa shape index (κ2) is 9.04. The van der Waals surface area contributed by atoms with Crippen LogP contribution in [0, 0.1) is 0 Å². The molecule has 0 bridgehead atoms. The van der Waals surface area contributed by atoms with Gasteiger partial charge < -0.3 is 9.80 Å². The van der Waals surface area contributed by atoms with Crippen molar-refractivity contribution in [3.8, 4) is 0 Å². The normalized spacial score (nSPS) is 22.7. The highest BCUT2D eigenvalue weighted by molar-refractivity contribution is 6.30. The van der Waals surface area contributed by atoms with Crippen molar-refractivity contribution in [2.45, 2.75) is 38.4 Å². The van der Waals surface area contributed by atoms with Crippen LogP contribution < -0.4 is 4.90 Å². The maximum atomic E-state index is 13.3. The van der Waals surface area contributed by atoms with E-state index >= 15 is 0 Å². The molecule has 3 aliphatic heterocycles. The minimum atomic E-state index is -0.722. The fraction of sp³-hybridized carbons (Fsp3) is 0.423. The topological polar surface area (TPSA) is 64.2 Å². The second-order valence-electron chi connectivity index (χ2n) is 9.45. The van der Waals surface area contributed by atoms with Crippen molar-refractivity contribution < 1.29 is 14.4 Å². The molecule has 2 aromatic carbocycles. The van der Waals surface area contributed by atoms with Crippen LogP contribution in [-0.2, 0) is 16.1 Å². The molecule has 0 radical (unpaired) electrons. The molecule has 2 fully saturated rings. The summed E-state index contributed by atoms with van der Waals surface area (Å²) in [5.74, 6) is -0.0301. The van der Waals surface area contributed by atoms with Gasteiger partial charge >= 0.3 is 0 Å². The maximum Gasteiger partial charge on any atom is 0.257 e. The number of anilines is 1. The Morgan fingerprint density at radius 3 is 2.44 bits per heavy atom. The Kier molecular flexibility index (Phi) is 6.08. The molecule has 3 amide bonds. The summed E-state index contributed by atoms with van der Waals surface area (Å²) >= 11 is 5.97. The number of piperazine rings is 1. The first kappa shape index (κ1) is 22.9. The van der Waals surface area contributed by atoms with E-state index in [9.17, 15) is 14.4 Å². The molecule has 0 unspecified atom stereocenters. The van der Waals surface area contributed by atoms with Crippen LogP contribution >= 0.6 is 11.6 Å². The van der Waals surface area contributed by atoms with Gasteiger partial charge in [-0.2, -0.15) is 0 Å². The number of para-hydroxylation sites is 1. The first-order chi connectivity index (χ1) is 16.4. The number of halogens is 1. The van der Waals surface area contributed by atoms with Crippen molar-refractivity contribution >= 4 is 35.0 Å². The van der Waals surface area contributed by atoms with Crippen molar-refractivity contribution in [1.82, 2.24) is 14.7 Å². The summed E-state index contributed by atoms with van der Waals surface area (Å²) in [6.07, 6.45) is 1.23. The lowest BCUT2D eigenvalue weighted by atomic mass is 9.98. The molecule has 8 heteroatoms. The summed E-state index contributed by atoms with van der Waals surface area (Å²) in [5, 5.41) is 0.730. The van der Waals surface area contributed by atoms with E-state index in [1.165, 1.54) is 5.56 Å². The van der Waals surface area contributed by atoms with Crippen molar-refractivity contribution in [2.75, 3.05) is 37.6 Å². The van der Waals surface area contributed by atoms with Crippen LogP contribution in [0.1, 0.15) is 42.1 Å². The van der Waals surface area contributed by atoms with Gasteiger partial charge in [-0.1, -0.05) is 35.9 Å². The third-order valence-corrected chi connectivity index (χ3v) is 7.59. The monoisotopic (exact) mass is 480 g/mol. The number of fused-ring (bicyclic) bond motifs is 3. The molecule has 1 atom stereocenters. The smallest absolute Gasteiger partial charge is 0.257 e. The highest BCUT2D eigenvalue weighted by Gasteiger charge is 2.52. The van der Waals surface area contributed by atoms with Crippen LogP contribution in [0.15, 0.2) is 48.5 Å². The van der Waals surface area contributed by atoms with E-state index in [4.69, 9.17) is 11.6 Å². The van der Waals surface area contributed by atoms with Gasteiger partial charge in [-0.15, -0.1) is 0 Å². The van der Waals surface area contributed by atoms with Crippen LogP contribution in [0.25, 0.3) is 0 Å². The molecule has 34 heavy (non-hydrogen) atoms. The van der Waals surface area contributed by atoms with Gasteiger partial charge in [0.2, 0.25) is 11.8 Å². The van der Waals surface area contributed by atoms with Crippen molar-refractivity contribution in [3.05, 3.63) is 64.7 Å². The first-order valence-corrected chi connectivity index (χ1v) is 12.2. The first-order valence-electron chi connectivity index (χ1n) is 11.9. The molecule has 3 heterocycles. The Hall–Kier alpha value is -2.90. The predicted molar refractivity (Wildman–Crippen MR) is 131 cm³/mol. The van der Waals surface area contributed by atoms with Gasteiger partial charge in [0.1, 0.15) is 5.66 Å². The standard InChI is InChI=1S/C26H29ClN4O3/c1-26-12-10-24(33)31(26)22-5-3-2-4-21(22)25(34)30(26)13-11-23(32)29-16-14-28(15-17-29)18-19-6-8-20(27)9-7-19/h2-9H,10-18H2,1H3/t26-/m1/s1. The van der Waals surface area contributed by atoms with Gasteiger partial charge in [-0.05, 0) is 43.2 Å². The number of nitrogens with zero attached hydrogens (tertiary/aromatic N) is 4. The fourth-order valence-electron chi connectivity index (χ4n) is 5.41. The van der Waals surface area contributed by atoms with E-state index in [-0.39, 0.29) is 24.1 Å². The van der Waals surface area contributed by atoms with E-state index in [1.807, 2.05) is 54.3 Å². The lowest BCUT2D eigenvalue weighted by Crippen LogP contribution is -2.62.